The molecule has 9 nitrogen and oxygen atoms in total. The van der Waals surface area contributed by atoms with Gasteiger partial charge in [0.1, 0.15) is 5.75 Å². The fraction of sp³-hybridized carbons (Fsp3) is 0.333. The quantitative estimate of drug-likeness (QED) is 0.642. The molecule has 0 unspecified atom stereocenters. The fourth-order valence-electron chi connectivity index (χ4n) is 3.66. The van der Waals surface area contributed by atoms with Crippen molar-refractivity contribution >= 4 is 22.5 Å². The number of aromatic nitrogens is 3. The van der Waals surface area contributed by atoms with Crippen LogP contribution in [0.3, 0.4) is 0 Å². The molecule has 1 aliphatic heterocycles. The van der Waals surface area contributed by atoms with Crippen LogP contribution in [-0.2, 0) is 7.05 Å². The maximum absolute atomic E-state index is 13.3. The van der Waals surface area contributed by atoms with Gasteiger partial charge >= 0.3 is 0 Å². The molecule has 0 atom stereocenters. The largest absolute Gasteiger partial charge is 0.497 e. The number of carbonyl (C=O) groups excluding carboxylic acids is 1. The average Bonchev–Trinajstić information content (AvgIpc) is 2.80. The molecule has 0 spiro atoms. The van der Waals surface area contributed by atoms with Crippen molar-refractivity contribution in [3.63, 3.8) is 0 Å². The van der Waals surface area contributed by atoms with Crippen LogP contribution in [-0.4, -0.2) is 66.0 Å². The van der Waals surface area contributed by atoms with E-state index in [4.69, 9.17) is 9.47 Å². The Bertz CT molecular complexity index is 1150. The molecular weight excluding hydrogens is 386 g/mol. The second-order valence-electron chi connectivity index (χ2n) is 7.00. The van der Waals surface area contributed by atoms with Crippen LogP contribution in [0.5, 0.6) is 11.5 Å². The summed E-state index contributed by atoms with van der Waals surface area (Å²) in [5, 5.41) is 5.20. The van der Waals surface area contributed by atoms with Crippen LogP contribution >= 0.6 is 0 Å². The summed E-state index contributed by atoms with van der Waals surface area (Å²) in [4.78, 5) is 34.0. The number of hydrogen-bond acceptors (Lipinski definition) is 7. The van der Waals surface area contributed by atoms with Gasteiger partial charge in [-0.2, -0.15) is 5.10 Å². The van der Waals surface area contributed by atoms with Crippen LogP contribution in [0.1, 0.15) is 10.5 Å². The van der Waals surface area contributed by atoms with Crippen LogP contribution in [0.25, 0.3) is 10.8 Å². The van der Waals surface area contributed by atoms with E-state index in [0.29, 0.717) is 48.5 Å². The Morgan fingerprint density at radius 1 is 1.03 bits per heavy atom. The Morgan fingerprint density at radius 3 is 2.50 bits per heavy atom. The normalized spacial score (nSPS) is 14.1. The highest BCUT2D eigenvalue weighted by molar-refractivity contribution is 6.05. The number of nitrogens with zero attached hydrogens (tertiary/aromatic N) is 5. The highest BCUT2D eigenvalue weighted by Gasteiger charge is 2.27. The number of fused-ring (bicyclic) bond motifs is 1. The van der Waals surface area contributed by atoms with Gasteiger partial charge in [-0.15, -0.1) is 0 Å². The van der Waals surface area contributed by atoms with E-state index in [1.807, 2.05) is 12.1 Å². The standard InChI is InChI=1S/C21H23N5O4/c1-24-20(27)15-7-6-14(29-2)13-16(15)18(23-24)21(28)26-11-9-25(10-12-26)19-17(30-3)5-4-8-22-19/h4-8,13H,9-12H2,1-3H3. The lowest BCUT2D eigenvalue weighted by Gasteiger charge is -2.35. The van der Waals surface area contributed by atoms with Crippen molar-refractivity contribution < 1.29 is 14.3 Å². The van der Waals surface area contributed by atoms with Crippen LogP contribution < -0.4 is 19.9 Å². The highest BCUT2D eigenvalue weighted by atomic mass is 16.5. The number of anilines is 1. The molecule has 1 aromatic carbocycles. The molecule has 1 saturated heterocycles. The number of ether oxygens (including phenoxy) is 2. The topological polar surface area (TPSA) is 89.8 Å². The van der Waals surface area contributed by atoms with Gasteiger partial charge in [-0.3, -0.25) is 9.59 Å². The van der Waals surface area contributed by atoms with E-state index in [9.17, 15) is 9.59 Å². The van der Waals surface area contributed by atoms with Crippen LogP contribution in [0.4, 0.5) is 5.82 Å². The lowest BCUT2D eigenvalue weighted by Crippen LogP contribution is -2.49. The van der Waals surface area contributed by atoms with E-state index in [-0.39, 0.29) is 17.2 Å². The number of carbonyl (C=O) groups is 1. The van der Waals surface area contributed by atoms with Crippen LogP contribution in [0.15, 0.2) is 41.3 Å². The number of benzene rings is 1. The van der Waals surface area contributed by atoms with Crippen molar-refractivity contribution in [2.24, 2.45) is 7.05 Å². The zero-order valence-electron chi connectivity index (χ0n) is 17.2. The maximum atomic E-state index is 13.3. The third-order valence-electron chi connectivity index (χ3n) is 5.30. The van der Waals surface area contributed by atoms with Crippen molar-refractivity contribution in [2.45, 2.75) is 0 Å². The summed E-state index contributed by atoms with van der Waals surface area (Å²) in [7, 11) is 4.71. The molecule has 1 amide bonds. The molecule has 9 heteroatoms. The number of methoxy groups -OCH3 is 2. The lowest BCUT2D eigenvalue weighted by molar-refractivity contribution is 0.0740. The van der Waals surface area contributed by atoms with Gasteiger partial charge in [0, 0.05) is 44.8 Å². The second kappa shape index (κ2) is 8.02. The minimum atomic E-state index is -0.253. The number of amides is 1. The van der Waals surface area contributed by atoms with Crippen LogP contribution in [0.2, 0.25) is 0 Å². The third kappa shape index (κ3) is 3.42. The molecule has 2 aromatic heterocycles. The molecule has 0 bridgehead atoms. The summed E-state index contributed by atoms with van der Waals surface area (Å²) in [6, 6.07) is 8.75. The van der Waals surface area contributed by atoms with Gasteiger partial charge in [0.25, 0.3) is 11.5 Å². The average molecular weight is 409 g/mol. The molecule has 156 valence electrons. The Morgan fingerprint density at radius 2 is 1.80 bits per heavy atom. The van der Waals surface area contributed by atoms with Crippen molar-refractivity contribution in [1.82, 2.24) is 19.7 Å². The molecule has 1 aliphatic rings. The maximum Gasteiger partial charge on any atom is 0.275 e. The van der Waals surface area contributed by atoms with E-state index >= 15 is 0 Å². The minimum absolute atomic E-state index is 0.212. The van der Waals surface area contributed by atoms with Gasteiger partial charge in [-0.25, -0.2) is 9.67 Å². The summed E-state index contributed by atoms with van der Waals surface area (Å²) in [6.45, 7) is 2.25. The Labute approximate surface area is 173 Å². The van der Waals surface area contributed by atoms with Gasteiger partial charge in [0.15, 0.2) is 17.3 Å². The molecule has 0 aliphatic carbocycles. The molecule has 3 heterocycles. The monoisotopic (exact) mass is 409 g/mol. The molecule has 4 rings (SSSR count). The lowest BCUT2D eigenvalue weighted by atomic mass is 10.1. The van der Waals surface area contributed by atoms with Gasteiger partial charge in [-0.1, -0.05) is 0 Å². The first-order chi connectivity index (χ1) is 14.5. The minimum Gasteiger partial charge on any atom is -0.497 e. The third-order valence-corrected chi connectivity index (χ3v) is 5.30. The number of rotatable bonds is 4. The number of pyridine rings is 1. The van der Waals surface area contributed by atoms with Crippen LogP contribution in [0, 0.1) is 0 Å². The molecule has 1 fully saturated rings. The fourth-order valence-corrected chi connectivity index (χ4v) is 3.66. The first-order valence-corrected chi connectivity index (χ1v) is 9.61. The SMILES string of the molecule is COc1ccc2c(=O)n(C)nc(C(=O)N3CCN(c4ncccc4OC)CC3)c2c1. The molecular formula is C21H23N5O4. The predicted octanol–water partition coefficient (Wildman–Crippen LogP) is 1.31. The summed E-state index contributed by atoms with van der Waals surface area (Å²) in [5.74, 6) is 1.83. The molecule has 0 radical (unpaired) electrons. The van der Waals surface area contributed by atoms with E-state index in [1.54, 1.807) is 50.6 Å². The van der Waals surface area contributed by atoms with Crippen molar-refractivity contribution in [2.75, 3.05) is 45.3 Å². The molecule has 30 heavy (non-hydrogen) atoms. The smallest absolute Gasteiger partial charge is 0.275 e. The van der Waals surface area contributed by atoms with E-state index < -0.39 is 0 Å². The second-order valence-corrected chi connectivity index (χ2v) is 7.00. The van der Waals surface area contributed by atoms with Crippen molar-refractivity contribution in [1.29, 1.82) is 0 Å². The summed E-state index contributed by atoms with van der Waals surface area (Å²) in [6.07, 6.45) is 1.73. The number of aryl methyl sites for hydroxylation is 1. The first kappa shape index (κ1) is 19.7. The summed E-state index contributed by atoms with van der Waals surface area (Å²) >= 11 is 0. The number of hydrogen-bond donors (Lipinski definition) is 0. The Hall–Kier alpha value is -3.62. The van der Waals surface area contributed by atoms with Crippen molar-refractivity contribution in [3.8, 4) is 11.5 Å². The van der Waals surface area contributed by atoms with Gasteiger partial charge < -0.3 is 19.3 Å². The van der Waals surface area contributed by atoms with E-state index in [2.05, 4.69) is 15.0 Å². The molecule has 0 saturated carbocycles. The summed E-state index contributed by atoms with van der Waals surface area (Å²) < 4.78 is 11.9. The highest BCUT2D eigenvalue weighted by Crippen LogP contribution is 2.26. The zero-order valence-corrected chi connectivity index (χ0v) is 17.2. The molecule has 3 aromatic rings. The van der Waals surface area contributed by atoms with Crippen molar-refractivity contribution in [3.05, 3.63) is 52.6 Å². The first-order valence-electron chi connectivity index (χ1n) is 9.61. The predicted molar refractivity (Wildman–Crippen MR) is 112 cm³/mol. The van der Waals surface area contributed by atoms with E-state index in [1.165, 1.54) is 4.68 Å². The van der Waals surface area contributed by atoms with Gasteiger partial charge in [-0.05, 0) is 30.3 Å². The van der Waals surface area contributed by atoms with Gasteiger partial charge in [0.2, 0.25) is 0 Å². The molecule has 0 N–H and O–H groups in total. The summed E-state index contributed by atoms with van der Waals surface area (Å²) in [5.41, 5.74) is -0.00821. The Kier molecular flexibility index (Phi) is 5.26. The number of piperazine rings is 1. The Balaban J connectivity index is 1.61. The van der Waals surface area contributed by atoms with Gasteiger partial charge in [0.05, 0.1) is 19.6 Å². The zero-order chi connectivity index (χ0) is 21.3. The van der Waals surface area contributed by atoms with E-state index in [0.717, 1.165) is 5.82 Å².